The first-order valence-corrected chi connectivity index (χ1v) is 18.6. The number of thiophene rings is 1. The van der Waals surface area contributed by atoms with Crippen LogP contribution < -0.4 is 0 Å². The fraction of sp³-hybridized carbons (Fsp3) is 0. The molecule has 0 unspecified atom stereocenters. The van der Waals surface area contributed by atoms with Gasteiger partial charge in [-0.25, -0.2) is 15.0 Å². The van der Waals surface area contributed by atoms with Gasteiger partial charge in [0.25, 0.3) is 0 Å². The van der Waals surface area contributed by atoms with E-state index in [1.165, 1.54) is 53.2 Å². The number of aromatic nitrogens is 3. The van der Waals surface area contributed by atoms with Crippen LogP contribution in [0.2, 0.25) is 0 Å². The highest BCUT2D eigenvalue weighted by atomic mass is 32.1. The lowest BCUT2D eigenvalue weighted by Crippen LogP contribution is -2.00. The average Bonchev–Trinajstić information content (AvgIpc) is 3.62. The molecule has 10 aromatic rings. The van der Waals surface area contributed by atoms with Gasteiger partial charge in [-0.2, -0.15) is 0 Å². The molecule has 0 aliphatic rings. The van der Waals surface area contributed by atoms with E-state index < -0.39 is 0 Å². The highest BCUT2D eigenvalue weighted by molar-refractivity contribution is 7.26. The minimum absolute atomic E-state index is 0.646. The molecule has 8 aromatic carbocycles. The molecule has 0 aliphatic heterocycles. The Balaban J connectivity index is 1.01. The molecule has 0 N–H and O–H groups in total. The van der Waals surface area contributed by atoms with E-state index in [1.54, 1.807) is 0 Å². The summed E-state index contributed by atoms with van der Waals surface area (Å²) in [6.07, 6.45) is 0. The normalized spacial score (nSPS) is 11.4. The SMILES string of the molecule is c1ccc(-c2ccc3sc4c(-c5ccc(-c6nc(-c7ccccc7)nc(-c7ccc(-c8ccc9ccccc9c8)cc7)n6)cc5)cccc4c3c2)cc1. The van der Waals surface area contributed by atoms with Gasteiger partial charge in [0, 0.05) is 36.9 Å². The zero-order valence-corrected chi connectivity index (χ0v) is 29.5. The smallest absolute Gasteiger partial charge is 0.164 e. The third-order valence-corrected chi connectivity index (χ3v) is 11.2. The number of fused-ring (bicyclic) bond motifs is 4. The Kier molecular flexibility index (Phi) is 7.67. The van der Waals surface area contributed by atoms with E-state index in [4.69, 9.17) is 15.0 Å². The highest BCUT2D eigenvalue weighted by Gasteiger charge is 2.15. The van der Waals surface area contributed by atoms with Crippen molar-refractivity contribution < 1.29 is 0 Å². The fourth-order valence-corrected chi connectivity index (χ4v) is 8.38. The Morgan fingerprint density at radius 1 is 0.302 bits per heavy atom. The Hall–Kier alpha value is -6.75. The van der Waals surface area contributed by atoms with Crippen LogP contribution in [0.1, 0.15) is 0 Å². The van der Waals surface area contributed by atoms with Crippen LogP contribution in [0.3, 0.4) is 0 Å². The summed E-state index contributed by atoms with van der Waals surface area (Å²) in [5, 5.41) is 5.04. The lowest BCUT2D eigenvalue weighted by atomic mass is 9.99. The van der Waals surface area contributed by atoms with E-state index in [0.717, 1.165) is 27.8 Å². The van der Waals surface area contributed by atoms with Gasteiger partial charge in [-0.1, -0.05) is 170 Å². The molecule has 0 radical (unpaired) electrons. The molecule has 0 bridgehead atoms. The van der Waals surface area contributed by atoms with E-state index in [-0.39, 0.29) is 0 Å². The van der Waals surface area contributed by atoms with Crippen molar-refractivity contribution in [3.63, 3.8) is 0 Å². The molecule has 0 saturated carbocycles. The zero-order valence-electron chi connectivity index (χ0n) is 28.6. The van der Waals surface area contributed by atoms with Gasteiger partial charge in [0.05, 0.1) is 0 Å². The summed E-state index contributed by atoms with van der Waals surface area (Å²) in [6.45, 7) is 0. The van der Waals surface area contributed by atoms with E-state index in [0.29, 0.717) is 17.5 Å². The zero-order chi connectivity index (χ0) is 35.1. The van der Waals surface area contributed by atoms with Crippen molar-refractivity contribution >= 4 is 42.3 Å². The molecule has 4 heteroatoms. The maximum atomic E-state index is 5.04. The van der Waals surface area contributed by atoms with Crippen molar-refractivity contribution in [2.24, 2.45) is 0 Å². The molecule has 53 heavy (non-hydrogen) atoms. The van der Waals surface area contributed by atoms with Gasteiger partial charge in [-0.05, 0) is 62.4 Å². The highest BCUT2D eigenvalue weighted by Crippen LogP contribution is 2.41. The summed E-state index contributed by atoms with van der Waals surface area (Å²) in [7, 11) is 0. The fourth-order valence-electron chi connectivity index (χ4n) is 7.17. The van der Waals surface area contributed by atoms with Gasteiger partial charge in [-0.15, -0.1) is 11.3 Å². The number of hydrogen-bond acceptors (Lipinski definition) is 4. The van der Waals surface area contributed by atoms with E-state index in [1.807, 2.05) is 41.7 Å². The van der Waals surface area contributed by atoms with Crippen LogP contribution in [0.25, 0.3) is 98.5 Å². The lowest BCUT2D eigenvalue weighted by Gasteiger charge is -2.10. The standard InChI is InChI=1S/C49H31N3S/c1-3-10-32(11-4-1)41-28-29-45-44(31-41)43-17-9-16-42(46(43)53-45)35-21-25-38(26-22-35)49-51-47(36-13-5-2-6-14-36)50-48(52-49)37-23-18-34(19-24-37)40-27-20-33-12-7-8-15-39(33)30-40/h1-31H. The molecular formula is C49H31N3S. The van der Waals surface area contributed by atoms with Crippen molar-refractivity contribution in [1.82, 2.24) is 15.0 Å². The molecule has 2 aromatic heterocycles. The summed E-state index contributed by atoms with van der Waals surface area (Å²) in [5.74, 6) is 1.94. The summed E-state index contributed by atoms with van der Waals surface area (Å²) >= 11 is 1.85. The van der Waals surface area contributed by atoms with Crippen molar-refractivity contribution in [3.05, 3.63) is 188 Å². The Morgan fingerprint density at radius 3 is 1.47 bits per heavy atom. The number of rotatable bonds is 6. The van der Waals surface area contributed by atoms with Gasteiger partial charge in [0.15, 0.2) is 17.5 Å². The van der Waals surface area contributed by atoms with Crippen LogP contribution in [0.5, 0.6) is 0 Å². The molecular weight excluding hydrogens is 663 g/mol. The van der Waals surface area contributed by atoms with Crippen LogP contribution >= 0.6 is 11.3 Å². The van der Waals surface area contributed by atoms with Gasteiger partial charge in [0.2, 0.25) is 0 Å². The van der Waals surface area contributed by atoms with E-state index in [9.17, 15) is 0 Å². The number of hydrogen-bond donors (Lipinski definition) is 0. The van der Waals surface area contributed by atoms with Gasteiger partial charge >= 0.3 is 0 Å². The quantitative estimate of drug-likeness (QED) is 0.174. The third kappa shape index (κ3) is 5.85. The summed E-state index contributed by atoms with van der Waals surface area (Å²) in [6, 6.07) is 66.4. The maximum Gasteiger partial charge on any atom is 0.164 e. The molecule has 0 spiro atoms. The molecule has 2 heterocycles. The van der Waals surface area contributed by atoms with Crippen molar-refractivity contribution in [2.75, 3.05) is 0 Å². The van der Waals surface area contributed by atoms with Crippen LogP contribution in [0, 0.1) is 0 Å². The second-order valence-corrected chi connectivity index (χ2v) is 14.3. The molecule has 10 rings (SSSR count). The molecule has 0 aliphatic carbocycles. The summed E-state index contributed by atoms with van der Waals surface area (Å²) in [4.78, 5) is 15.0. The van der Waals surface area contributed by atoms with Crippen LogP contribution in [0.15, 0.2) is 188 Å². The largest absolute Gasteiger partial charge is 0.208 e. The Bertz CT molecular complexity index is 2910. The predicted molar refractivity (Wildman–Crippen MR) is 223 cm³/mol. The minimum Gasteiger partial charge on any atom is -0.208 e. The van der Waals surface area contributed by atoms with Gasteiger partial charge in [-0.3, -0.25) is 0 Å². The molecule has 0 fully saturated rings. The molecule has 248 valence electrons. The Morgan fingerprint density at radius 2 is 0.792 bits per heavy atom. The van der Waals surface area contributed by atoms with E-state index in [2.05, 4.69) is 158 Å². The van der Waals surface area contributed by atoms with Crippen molar-refractivity contribution in [3.8, 4) is 67.5 Å². The topological polar surface area (TPSA) is 38.7 Å². The van der Waals surface area contributed by atoms with Crippen molar-refractivity contribution in [1.29, 1.82) is 0 Å². The predicted octanol–water partition coefficient (Wildman–Crippen LogP) is 13.4. The van der Waals surface area contributed by atoms with Crippen molar-refractivity contribution in [2.45, 2.75) is 0 Å². The monoisotopic (exact) mass is 693 g/mol. The molecule has 0 amide bonds. The molecule has 0 saturated heterocycles. The van der Waals surface area contributed by atoms with Gasteiger partial charge in [0.1, 0.15) is 0 Å². The maximum absolute atomic E-state index is 5.04. The summed E-state index contributed by atoms with van der Waals surface area (Å²) < 4.78 is 2.58. The third-order valence-electron chi connectivity index (χ3n) is 9.95. The first-order chi connectivity index (χ1) is 26.2. The van der Waals surface area contributed by atoms with Gasteiger partial charge < -0.3 is 0 Å². The Labute approximate surface area is 311 Å². The average molecular weight is 694 g/mol. The minimum atomic E-state index is 0.646. The summed E-state index contributed by atoms with van der Waals surface area (Å²) in [5.41, 5.74) is 10.0. The second kappa shape index (κ2) is 13.1. The molecule has 0 atom stereocenters. The second-order valence-electron chi connectivity index (χ2n) is 13.3. The number of benzene rings is 8. The van der Waals surface area contributed by atoms with Crippen LogP contribution in [0.4, 0.5) is 0 Å². The first-order valence-electron chi connectivity index (χ1n) is 17.8. The molecule has 3 nitrogen and oxygen atoms in total. The lowest BCUT2D eigenvalue weighted by molar-refractivity contribution is 1.07. The van der Waals surface area contributed by atoms with E-state index >= 15 is 0 Å². The van der Waals surface area contributed by atoms with Crippen LogP contribution in [-0.4, -0.2) is 15.0 Å². The number of nitrogens with zero attached hydrogens (tertiary/aromatic N) is 3. The first kappa shape index (κ1) is 31.0. The van der Waals surface area contributed by atoms with Crippen LogP contribution in [-0.2, 0) is 0 Å².